The summed E-state index contributed by atoms with van der Waals surface area (Å²) in [7, 11) is 0. The van der Waals surface area contributed by atoms with Crippen molar-refractivity contribution in [1.82, 2.24) is 4.90 Å². The zero-order valence-corrected chi connectivity index (χ0v) is 21.8. The molecular formula is C31H34N2O4. The van der Waals surface area contributed by atoms with E-state index >= 15 is 0 Å². The van der Waals surface area contributed by atoms with Gasteiger partial charge in [0.25, 0.3) is 0 Å². The number of benzene rings is 3. The van der Waals surface area contributed by atoms with Gasteiger partial charge in [-0.15, -0.1) is 0 Å². The van der Waals surface area contributed by atoms with Crippen molar-refractivity contribution in [1.29, 1.82) is 0 Å². The molecule has 0 unspecified atom stereocenters. The van der Waals surface area contributed by atoms with Crippen molar-refractivity contribution < 1.29 is 19.1 Å². The largest absolute Gasteiger partial charge is 0.458 e. The lowest BCUT2D eigenvalue weighted by Gasteiger charge is -2.29. The van der Waals surface area contributed by atoms with Gasteiger partial charge in [0.1, 0.15) is 6.61 Å². The van der Waals surface area contributed by atoms with E-state index in [1.807, 2.05) is 24.3 Å². The molecule has 4 rings (SSSR count). The predicted octanol–water partition coefficient (Wildman–Crippen LogP) is 5.68. The van der Waals surface area contributed by atoms with E-state index in [4.69, 9.17) is 14.3 Å². The van der Waals surface area contributed by atoms with Gasteiger partial charge in [0.05, 0.1) is 13.2 Å². The lowest BCUT2D eigenvalue weighted by molar-refractivity contribution is -0.150. The van der Waals surface area contributed by atoms with Gasteiger partial charge in [-0.2, -0.15) is 0 Å². The van der Waals surface area contributed by atoms with E-state index in [1.54, 1.807) is 6.08 Å². The molecule has 3 aromatic rings. The third-order valence-electron chi connectivity index (χ3n) is 6.37. The monoisotopic (exact) mass is 498 g/mol. The number of morpholine rings is 1. The Bertz CT molecular complexity index is 1230. The molecule has 1 fully saturated rings. The molecule has 6 nitrogen and oxygen atoms in total. The van der Waals surface area contributed by atoms with Crippen molar-refractivity contribution in [2.24, 2.45) is 5.16 Å². The molecule has 0 spiro atoms. The first kappa shape index (κ1) is 26.2. The normalized spacial score (nSPS) is 13.8. The minimum atomic E-state index is -0.474. The van der Waals surface area contributed by atoms with Crippen LogP contribution in [0.3, 0.4) is 0 Å². The lowest BCUT2D eigenvalue weighted by Crippen LogP contribution is -2.41. The molecular weight excluding hydrogens is 464 g/mol. The lowest BCUT2D eigenvalue weighted by atomic mass is 9.93. The number of nitrogens with zero attached hydrogens (tertiary/aromatic N) is 2. The summed E-state index contributed by atoms with van der Waals surface area (Å²) in [5.74, 6) is 0.207. The quantitative estimate of drug-likeness (QED) is 0.173. The second kappa shape index (κ2) is 12.4. The highest BCUT2D eigenvalue weighted by Crippen LogP contribution is 2.29. The average Bonchev–Trinajstić information content (AvgIpc) is 2.91. The first-order valence-electron chi connectivity index (χ1n) is 12.5. The van der Waals surface area contributed by atoms with Crippen LogP contribution >= 0.6 is 0 Å². The van der Waals surface area contributed by atoms with Crippen molar-refractivity contribution in [3.8, 4) is 11.1 Å². The summed E-state index contributed by atoms with van der Waals surface area (Å²) >= 11 is 0. The SMILES string of the molecule is C=Cc1ccc(COC(=O)CON=C(c2ccc(-c3c(C)cc(C)cc3C)cc2)N2CCOCC2)cc1. The van der Waals surface area contributed by atoms with E-state index in [1.165, 1.54) is 22.3 Å². The van der Waals surface area contributed by atoms with Gasteiger partial charge in [-0.1, -0.05) is 84.0 Å². The molecule has 1 aliphatic heterocycles. The fraction of sp³-hybridized carbons (Fsp3) is 0.290. The van der Waals surface area contributed by atoms with Gasteiger partial charge in [0.15, 0.2) is 5.84 Å². The number of aryl methyl sites for hydroxylation is 3. The van der Waals surface area contributed by atoms with Crippen LogP contribution in [0.5, 0.6) is 0 Å². The fourth-order valence-corrected chi connectivity index (χ4v) is 4.59. The molecule has 0 aromatic heterocycles. The third kappa shape index (κ3) is 6.86. The average molecular weight is 499 g/mol. The number of esters is 1. The molecule has 0 N–H and O–H groups in total. The number of oxime groups is 1. The highest BCUT2D eigenvalue weighted by atomic mass is 16.7. The summed E-state index contributed by atoms with van der Waals surface area (Å²) in [6.07, 6.45) is 1.77. The molecule has 0 amide bonds. The molecule has 37 heavy (non-hydrogen) atoms. The first-order valence-corrected chi connectivity index (χ1v) is 12.5. The van der Waals surface area contributed by atoms with Crippen LogP contribution in [0.15, 0.2) is 72.4 Å². The minimum Gasteiger partial charge on any atom is -0.458 e. The molecule has 0 saturated carbocycles. The molecule has 0 bridgehead atoms. The van der Waals surface area contributed by atoms with Gasteiger partial charge in [0, 0.05) is 18.7 Å². The summed E-state index contributed by atoms with van der Waals surface area (Å²) in [6, 6.07) is 20.4. The van der Waals surface area contributed by atoms with Crippen LogP contribution < -0.4 is 0 Å². The van der Waals surface area contributed by atoms with E-state index in [-0.39, 0.29) is 13.2 Å². The fourth-order valence-electron chi connectivity index (χ4n) is 4.59. The summed E-state index contributed by atoms with van der Waals surface area (Å²) in [5.41, 5.74) is 9.01. The van der Waals surface area contributed by atoms with E-state index in [9.17, 15) is 4.79 Å². The number of amidine groups is 1. The van der Waals surface area contributed by atoms with Gasteiger partial charge < -0.3 is 19.2 Å². The number of hydrogen-bond donors (Lipinski definition) is 0. The van der Waals surface area contributed by atoms with Crippen molar-refractivity contribution in [2.45, 2.75) is 27.4 Å². The van der Waals surface area contributed by atoms with Crippen LogP contribution in [0.4, 0.5) is 0 Å². The molecule has 3 aromatic carbocycles. The Hall–Kier alpha value is -3.90. The second-order valence-corrected chi connectivity index (χ2v) is 9.25. The highest BCUT2D eigenvalue weighted by molar-refractivity contribution is 5.99. The summed E-state index contributed by atoms with van der Waals surface area (Å²) < 4.78 is 10.9. The van der Waals surface area contributed by atoms with Crippen molar-refractivity contribution in [3.05, 3.63) is 101 Å². The Morgan fingerprint density at radius 2 is 1.65 bits per heavy atom. The number of carbonyl (C=O) groups excluding carboxylic acids is 1. The smallest absolute Gasteiger partial charge is 0.347 e. The molecule has 0 aliphatic carbocycles. The van der Waals surface area contributed by atoms with Crippen LogP contribution in [-0.2, 0) is 25.7 Å². The van der Waals surface area contributed by atoms with Crippen LogP contribution in [0.1, 0.15) is 33.4 Å². The highest BCUT2D eigenvalue weighted by Gasteiger charge is 2.19. The van der Waals surface area contributed by atoms with Crippen molar-refractivity contribution >= 4 is 17.9 Å². The third-order valence-corrected chi connectivity index (χ3v) is 6.37. The standard InChI is InChI=1S/C31H34N2O4/c1-5-25-6-8-26(9-7-25)20-36-29(34)21-37-32-31(33-14-16-35-17-15-33)28-12-10-27(11-13-28)30-23(3)18-22(2)19-24(30)4/h5-13,18-19H,1,14-17,20-21H2,2-4H3. The number of carbonyl (C=O) groups is 1. The van der Waals surface area contributed by atoms with E-state index in [0.717, 1.165) is 22.3 Å². The zero-order chi connectivity index (χ0) is 26.2. The van der Waals surface area contributed by atoms with Crippen molar-refractivity contribution in [3.63, 3.8) is 0 Å². The number of hydrogen-bond acceptors (Lipinski definition) is 5. The molecule has 1 saturated heterocycles. The topological polar surface area (TPSA) is 60.4 Å². The molecule has 192 valence electrons. The molecule has 0 radical (unpaired) electrons. The van der Waals surface area contributed by atoms with Gasteiger partial charge in [0.2, 0.25) is 6.61 Å². The maximum Gasteiger partial charge on any atom is 0.347 e. The molecule has 0 atom stereocenters. The number of rotatable bonds is 8. The second-order valence-electron chi connectivity index (χ2n) is 9.25. The van der Waals surface area contributed by atoms with Crippen LogP contribution in [-0.4, -0.2) is 49.6 Å². The van der Waals surface area contributed by atoms with Gasteiger partial charge >= 0.3 is 5.97 Å². The summed E-state index contributed by atoms with van der Waals surface area (Å²) in [4.78, 5) is 19.8. The van der Waals surface area contributed by atoms with E-state index in [2.05, 4.69) is 73.8 Å². The van der Waals surface area contributed by atoms with Crippen molar-refractivity contribution in [2.75, 3.05) is 32.9 Å². The van der Waals surface area contributed by atoms with Gasteiger partial charge in [-0.05, 0) is 54.2 Å². The Morgan fingerprint density at radius 3 is 2.27 bits per heavy atom. The Morgan fingerprint density at radius 1 is 1.00 bits per heavy atom. The van der Waals surface area contributed by atoms with Crippen LogP contribution in [0, 0.1) is 20.8 Å². The molecule has 1 aliphatic rings. The van der Waals surface area contributed by atoms with E-state index < -0.39 is 5.97 Å². The minimum absolute atomic E-state index is 0.180. The van der Waals surface area contributed by atoms with Gasteiger partial charge in [-0.3, -0.25) is 0 Å². The Kier molecular flexibility index (Phi) is 8.75. The zero-order valence-electron chi connectivity index (χ0n) is 21.8. The maximum absolute atomic E-state index is 12.3. The summed E-state index contributed by atoms with van der Waals surface area (Å²) in [6.45, 7) is 12.7. The Labute approximate surface area is 219 Å². The van der Waals surface area contributed by atoms with Crippen LogP contribution in [0.25, 0.3) is 17.2 Å². The number of ether oxygens (including phenoxy) is 2. The summed E-state index contributed by atoms with van der Waals surface area (Å²) in [5, 5.41) is 4.36. The van der Waals surface area contributed by atoms with Gasteiger partial charge in [-0.25, -0.2) is 4.79 Å². The first-order chi connectivity index (χ1) is 17.9. The predicted molar refractivity (Wildman–Crippen MR) is 147 cm³/mol. The van der Waals surface area contributed by atoms with E-state index in [0.29, 0.717) is 32.1 Å². The molecule has 1 heterocycles. The maximum atomic E-state index is 12.3. The Balaban J connectivity index is 1.44. The van der Waals surface area contributed by atoms with Crippen LogP contribution in [0.2, 0.25) is 0 Å². The molecule has 6 heteroatoms.